The number of rotatable bonds is 7. The van der Waals surface area contributed by atoms with Crippen LogP contribution in [0.3, 0.4) is 0 Å². The van der Waals surface area contributed by atoms with Crippen molar-refractivity contribution in [2.75, 3.05) is 6.54 Å². The largest absolute Gasteiger partial charge is 0.489 e. The van der Waals surface area contributed by atoms with E-state index in [2.05, 4.69) is 38.2 Å². The topological polar surface area (TPSA) is 34.4 Å². The van der Waals surface area contributed by atoms with Crippen molar-refractivity contribution in [2.45, 2.75) is 40.3 Å². The van der Waals surface area contributed by atoms with Gasteiger partial charge in [0.05, 0.1) is 12.8 Å². The van der Waals surface area contributed by atoms with Crippen LogP contribution in [0.15, 0.2) is 34.9 Å². The van der Waals surface area contributed by atoms with E-state index in [1.54, 1.807) is 6.26 Å². The summed E-state index contributed by atoms with van der Waals surface area (Å²) in [6.45, 7) is 8.65. The van der Waals surface area contributed by atoms with Gasteiger partial charge >= 0.3 is 0 Å². The van der Waals surface area contributed by atoms with Crippen LogP contribution in [-0.2, 0) is 13.2 Å². The Balaban J connectivity index is 1.93. The van der Waals surface area contributed by atoms with Crippen LogP contribution in [-0.4, -0.2) is 6.54 Å². The Morgan fingerprint density at radius 2 is 2.00 bits per heavy atom. The molecule has 0 unspecified atom stereocenters. The Morgan fingerprint density at radius 1 is 1.15 bits per heavy atom. The summed E-state index contributed by atoms with van der Waals surface area (Å²) in [6, 6.07) is 8.15. The summed E-state index contributed by atoms with van der Waals surface area (Å²) in [5.41, 5.74) is 3.64. The zero-order chi connectivity index (χ0) is 14.4. The third-order valence-electron chi connectivity index (χ3n) is 3.42. The highest BCUT2D eigenvalue weighted by atomic mass is 16.5. The minimum absolute atomic E-state index is 0.544. The molecule has 20 heavy (non-hydrogen) atoms. The van der Waals surface area contributed by atoms with E-state index < -0.39 is 0 Å². The molecule has 0 atom stereocenters. The molecule has 0 fully saturated rings. The Labute approximate surface area is 121 Å². The fourth-order valence-corrected chi connectivity index (χ4v) is 1.99. The Morgan fingerprint density at radius 3 is 2.75 bits per heavy atom. The molecule has 0 saturated carbocycles. The van der Waals surface area contributed by atoms with Crippen molar-refractivity contribution in [1.29, 1.82) is 0 Å². The Kier molecular flexibility index (Phi) is 5.24. The second-order valence-electron chi connectivity index (χ2n) is 5.08. The number of hydrogen-bond donors (Lipinski definition) is 1. The summed E-state index contributed by atoms with van der Waals surface area (Å²) in [4.78, 5) is 0. The van der Waals surface area contributed by atoms with Crippen molar-refractivity contribution in [2.24, 2.45) is 0 Å². The summed E-state index contributed by atoms with van der Waals surface area (Å²) in [6.07, 6.45) is 2.84. The van der Waals surface area contributed by atoms with E-state index >= 15 is 0 Å². The molecule has 108 valence electrons. The number of nitrogens with one attached hydrogen (secondary N) is 1. The van der Waals surface area contributed by atoms with E-state index in [9.17, 15) is 0 Å². The van der Waals surface area contributed by atoms with Crippen molar-refractivity contribution < 1.29 is 9.15 Å². The molecule has 0 spiro atoms. The molecule has 1 aromatic heterocycles. The van der Waals surface area contributed by atoms with E-state index in [1.807, 2.05) is 12.1 Å². The third-order valence-corrected chi connectivity index (χ3v) is 3.42. The van der Waals surface area contributed by atoms with Crippen LogP contribution in [0.5, 0.6) is 5.75 Å². The lowest BCUT2D eigenvalue weighted by Crippen LogP contribution is -2.14. The predicted octanol–water partition coefficient (Wildman–Crippen LogP) is 3.98. The molecule has 2 rings (SSSR count). The van der Waals surface area contributed by atoms with Crippen molar-refractivity contribution in [1.82, 2.24) is 5.32 Å². The van der Waals surface area contributed by atoms with Gasteiger partial charge in [0.25, 0.3) is 0 Å². The van der Waals surface area contributed by atoms with Gasteiger partial charge in [0, 0.05) is 5.56 Å². The molecule has 0 bridgehead atoms. The maximum atomic E-state index is 5.85. The van der Waals surface area contributed by atoms with Gasteiger partial charge in [-0.05, 0) is 56.1 Å². The van der Waals surface area contributed by atoms with Gasteiger partial charge in [-0.2, -0.15) is 0 Å². The molecule has 1 heterocycles. The molecule has 0 aliphatic heterocycles. The van der Waals surface area contributed by atoms with Crippen LogP contribution in [0.1, 0.15) is 35.8 Å². The molecule has 1 N–H and O–H groups in total. The first-order valence-corrected chi connectivity index (χ1v) is 7.16. The molecule has 0 radical (unpaired) electrons. The summed E-state index contributed by atoms with van der Waals surface area (Å²) >= 11 is 0. The molecule has 0 aliphatic carbocycles. The fraction of sp³-hybridized carbons (Fsp3) is 0.412. The Bertz CT molecular complexity index is 546. The number of furan rings is 1. The third kappa shape index (κ3) is 3.87. The van der Waals surface area contributed by atoms with E-state index in [4.69, 9.17) is 9.15 Å². The van der Waals surface area contributed by atoms with E-state index in [1.165, 1.54) is 11.1 Å². The Hall–Kier alpha value is -1.74. The molecule has 3 heteroatoms. The molecular formula is C17H23NO2. The van der Waals surface area contributed by atoms with Crippen LogP contribution in [0.25, 0.3) is 0 Å². The lowest BCUT2D eigenvalue weighted by molar-refractivity contribution is 0.301. The number of aryl methyl sites for hydroxylation is 2. The molecule has 1 aromatic carbocycles. The van der Waals surface area contributed by atoms with Crippen molar-refractivity contribution in [3.63, 3.8) is 0 Å². The van der Waals surface area contributed by atoms with Crippen LogP contribution in [0.4, 0.5) is 0 Å². The van der Waals surface area contributed by atoms with Crippen LogP contribution in [0, 0.1) is 13.8 Å². The van der Waals surface area contributed by atoms with E-state index in [-0.39, 0.29) is 0 Å². The summed E-state index contributed by atoms with van der Waals surface area (Å²) in [5.74, 6) is 1.86. The van der Waals surface area contributed by atoms with E-state index in [0.29, 0.717) is 6.61 Å². The van der Waals surface area contributed by atoms with Crippen LogP contribution >= 0.6 is 0 Å². The normalized spacial score (nSPS) is 10.8. The second kappa shape index (κ2) is 7.15. The highest BCUT2D eigenvalue weighted by molar-refractivity contribution is 5.34. The molecule has 0 amide bonds. The smallest absolute Gasteiger partial charge is 0.124 e. The first-order chi connectivity index (χ1) is 9.70. The highest BCUT2D eigenvalue weighted by Gasteiger charge is 2.07. The maximum Gasteiger partial charge on any atom is 0.124 e. The molecule has 0 saturated heterocycles. The van der Waals surface area contributed by atoms with Crippen molar-refractivity contribution in [3.8, 4) is 5.75 Å². The molecule has 3 nitrogen and oxygen atoms in total. The minimum Gasteiger partial charge on any atom is -0.489 e. The fourth-order valence-electron chi connectivity index (χ4n) is 1.99. The maximum absolute atomic E-state index is 5.85. The number of hydrogen-bond acceptors (Lipinski definition) is 3. The SMILES string of the molecule is CCCNCc1occc1COc1ccc(C)c(C)c1. The van der Waals surface area contributed by atoms with Gasteiger partial charge in [0.1, 0.15) is 18.1 Å². The highest BCUT2D eigenvalue weighted by Crippen LogP contribution is 2.19. The molecule has 2 aromatic rings. The monoisotopic (exact) mass is 273 g/mol. The summed E-state index contributed by atoms with van der Waals surface area (Å²) in [5, 5.41) is 3.34. The average Bonchev–Trinajstić information content (AvgIpc) is 2.88. The first kappa shape index (κ1) is 14.7. The van der Waals surface area contributed by atoms with Gasteiger partial charge in [-0.15, -0.1) is 0 Å². The van der Waals surface area contributed by atoms with Gasteiger partial charge in [-0.3, -0.25) is 0 Å². The lowest BCUT2D eigenvalue weighted by atomic mass is 10.1. The molecule has 0 aliphatic rings. The van der Waals surface area contributed by atoms with E-state index in [0.717, 1.165) is 36.6 Å². The summed E-state index contributed by atoms with van der Waals surface area (Å²) in [7, 11) is 0. The molecular weight excluding hydrogens is 250 g/mol. The standard InChI is InChI=1S/C17H23NO2/c1-4-8-18-11-17-15(7-9-19-17)12-20-16-6-5-13(2)14(3)10-16/h5-7,9-10,18H,4,8,11-12H2,1-3H3. The van der Waals surface area contributed by atoms with Crippen molar-refractivity contribution in [3.05, 3.63) is 53.0 Å². The zero-order valence-corrected chi connectivity index (χ0v) is 12.5. The first-order valence-electron chi connectivity index (χ1n) is 7.16. The van der Waals surface area contributed by atoms with Gasteiger partial charge < -0.3 is 14.5 Å². The lowest BCUT2D eigenvalue weighted by Gasteiger charge is -2.09. The van der Waals surface area contributed by atoms with Gasteiger partial charge in [0.2, 0.25) is 0 Å². The number of ether oxygens (including phenoxy) is 1. The van der Waals surface area contributed by atoms with Gasteiger partial charge in [0.15, 0.2) is 0 Å². The van der Waals surface area contributed by atoms with Gasteiger partial charge in [-0.25, -0.2) is 0 Å². The predicted molar refractivity (Wildman–Crippen MR) is 81.0 cm³/mol. The van der Waals surface area contributed by atoms with Crippen LogP contribution < -0.4 is 10.1 Å². The zero-order valence-electron chi connectivity index (χ0n) is 12.5. The summed E-state index contributed by atoms with van der Waals surface area (Å²) < 4.78 is 11.3. The number of benzene rings is 1. The van der Waals surface area contributed by atoms with Crippen molar-refractivity contribution >= 4 is 0 Å². The average molecular weight is 273 g/mol. The quantitative estimate of drug-likeness (QED) is 0.775. The van der Waals surface area contributed by atoms with Crippen LogP contribution in [0.2, 0.25) is 0 Å². The second-order valence-corrected chi connectivity index (χ2v) is 5.08. The minimum atomic E-state index is 0.544. The van der Waals surface area contributed by atoms with Gasteiger partial charge in [-0.1, -0.05) is 13.0 Å².